The van der Waals surface area contributed by atoms with Crippen LogP contribution in [0.2, 0.25) is 0 Å². The highest BCUT2D eigenvalue weighted by Crippen LogP contribution is 2.52. The van der Waals surface area contributed by atoms with Gasteiger partial charge in [0.2, 0.25) is 0 Å². The third kappa shape index (κ3) is 2.72. The number of carboxylic acids is 1. The van der Waals surface area contributed by atoms with Gasteiger partial charge in [0, 0.05) is 30.0 Å². The number of imidazole rings is 1. The number of carboxylic acid groups (broad SMARTS) is 1. The van der Waals surface area contributed by atoms with Crippen LogP contribution in [0.5, 0.6) is 0 Å². The van der Waals surface area contributed by atoms with Crippen LogP contribution in [-0.4, -0.2) is 39.1 Å². The van der Waals surface area contributed by atoms with E-state index >= 15 is 0 Å². The zero-order valence-corrected chi connectivity index (χ0v) is 13.2. The second kappa shape index (κ2) is 5.77. The van der Waals surface area contributed by atoms with E-state index in [0.717, 1.165) is 23.9 Å². The molecule has 0 aliphatic heterocycles. The van der Waals surface area contributed by atoms with Crippen molar-refractivity contribution < 1.29 is 14.6 Å². The van der Waals surface area contributed by atoms with E-state index < -0.39 is 5.97 Å². The molecule has 6 heteroatoms. The van der Waals surface area contributed by atoms with E-state index in [1.807, 2.05) is 20.0 Å². The molecule has 0 saturated heterocycles. The monoisotopic (exact) mass is 298 g/mol. The second-order valence-electron chi connectivity index (χ2n) is 5.75. The first-order valence-electron chi connectivity index (χ1n) is 6.88. The zero-order chi connectivity index (χ0) is 14.9. The molecule has 5 nitrogen and oxygen atoms in total. The third-order valence-electron chi connectivity index (χ3n) is 4.08. The molecule has 0 spiro atoms. The molecule has 0 amide bonds. The van der Waals surface area contributed by atoms with Gasteiger partial charge in [0.25, 0.3) is 0 Å². The summed E-state index contributed by atoms with van der Waals surface area (Å²) in [5.74, 6) is -0.777. The van der Waals surface area contributed by atoms with Crippen molar-refractivity contribution >= 4 is 17.7 Å². The fraction of sp³-hybridized carbons (Fsp3) is 0.714. The number of aliphatic carboxylic acids is 1. The van der Waals surface area contributed by atoms with E-state index in [4.69, 9.17) is 9.84 Å². The number of carbonyl (C=O) groups is 1. The molecule has 0 radical (unpaired) electrons. The number of aryl methyl sites for hydroxylation is 1. The summed E-state index contributed by atoms with van der Waals surface area (Å²) in [6.45, 7) is 9.16. The highest BCUT2D eigenvalue weighted by molar-refractivity contribution is 7.99. The van der Waals surface area contributed by atoms with Gasteiger partial charge in [-0.15, -0.1) is 0 Å². The summed E-state index contributed by atoms with van der Waals surface area (Å²) < 4.78 is 7.93. The molecule has 0 aromatic carbocycles. The number of thioether (sulfide) groups is 1. The lowest BCUT2D eigenvalue weighted by atomic mass is 9.64. The largest absolute Gasteiger partial charge is 0.481 e. The smallest absolute Gasteiger partial charge is 0.313 e. The summed E-state index contributed by atoms with van der Waals surface area (Å²) in [5.41, 5.74) is 1.12. The third-order valence-corrected chi connectivity index (χ3v) is 5.03. The minimum Gasteiger partial charge on any atom is -0.481 e. The van der Waals surface area contributed by atoms with Crippen molar-refractivity contribution in [2.45, 2.75) is 51.4 Å². The standard InChI is InChI=1S/C14H22N2O3S/c1-5-19-11-6-10(14(11,3)4)16-9(2)7-15-13(16)20-8-12(17)18/h7,10-11H,5-6,8H2,1-4H3,(H,17,18). The highest BCUT2D eigenvalue weighted by Gasteiger charge is 2.50. The number of hydrogen-bond acceptors (Lipinski definition) is 4. The van der Waals surface area contributed by atoms with E-state index in [2.05, 4.69) is 23.4 Å². The molecule has 20 heavy (non-hydrogen) atoms. The van der Waals surface area contributed by atoms with Crippen LogP contribution >= 0.6 is 11.8 Å². The lowest BCUT2D eigenvalue weighted by molar-refractivity contribution is -0.134. The number of rotatable bonds is 6. The maximum absolute atomic E-state index is 10.7. The number of hydrogen-bond donors (Lipinski definition) is 1. The van der Waals surface area contributed by atoms with Crippen LogP contribution in [0.3, 0.4) is 0 Å². The first-order chi connectivity index (χ1) is 9.37. The summed E-state index contributed by atoms with van der Waals surface area (Å²) >= 11 is 1.28. The molecule has 1 heterocycles. The minimum absolute atomic E-state index is 0.0402. The molecule has 2 atom stereocenters. The van der Waals surface area contributed by atoms with Crippen LogP contribution in [0.1, 0.15) is 38.9 Å². The van der Waals surface area contributed by atoms with Crippen molar-refractivity contribution in [3.05, 3.63) is 11.9 Å². The van der Waals surface area contributed by atoms with Crippen molar-refractivity contribution in [3.8, 4) is 0 Å². The Hall–Kier alpha value is -1.01. The SMILES string of the molecule is CCOC1CC(n2c(C)cnc2SCC(=O)O)C1(C)C. The van der Waals surface area contributed by atoms with E-state index in [0.29, 0.717) is 6.04 Å². The van der Waals surface area contributed by atoms with E-state index in [9.17, 15) is 4.79 Å². The van der Waals surface area contributed by atoms with Gasteiger partial charge in [-0.25, -0.2) is 4.98 Å². The van der Waals surface area contributed by atoms with Gasteiger partial charge in [0.15, 0.2) is 5.16 Å². The van der Waals surface area contributed by atoms with Gasteiger partial charge in [-0.2, -0.15) is 0 Å². The minimum atomic E-state index is -0.817. The Morgan fingerprint density at radius 2 is 2.35 bits per heavy atom. The Balaban J connectivity index is 2.17. The Labute approximate surface area is 123 Å². The lowest BCUT2D eigenvalue weighted by Gasteiger charge is -2.52. The molecular weight excluding hydrogens is 276 g/mol. The average molecular weight is 298 g/mol. The molecule has 1 aliphatic rings. The molecule has 1 aromatic rings. The predicted octanol–water partition coefficient (Wildman–Crippen LogP) is 2.74. The maximum Gasteiger partial charge on any atom is 0.313 e. The topological polar surface area (TPSA) is 64.4 Å². The second-order valence-corrected chi connectivity index (χ2v) is 6.69. The molecule has 2 unspecified atom stereocenters. The van der Waals surface area contributed by atoms with Crippen molar-refractivity contribution in [2.24, 2.45) is 5.41 Å². The Kier molecular flexibility index (Phi) is 4.44. The van der Waals surface area contributed by atoms with Gasteiger partial charge in [-0.1, -0.05) is 25.6 Å². The van der Waals surface area contributed by atoms with Crippen molar-refractivity contribution in [1.29, 1.82) is 0 Å². The quantitative estimate of drug-likeness (QED) is 0.818. The van der Waals surface area contributed by atoms with Crippen LogP contribution < -0.4 is 0 Å². The molecule has 1 N–H and O–H groups in total. The van der Waals surface area contributed by atoms with Crippen molar-refractivity contribution in [1.82, 2.24) is 9.55 Å². The summed E-state index contributed by atoms with van der Waals surface area (Å²) in [6.07, 6.45) is 3.03. The zero-order valence-electron chi connectivity index (χ0n) is 12.4. The van der Waals surface area contributed by atoms with Crippen LogP contribution in [0, 0.1) is 12.3 Å². The Bertz CT molecular complexity index is 499. The number of nitrogens with zero attached hydrogens (tertiary/aromatic N) is 2. The fourth-order valence-electron chi connectivity index (χ4n) is 2.82. The molecular formula is C14H22N2O3S. The summed E-state index contributed by atoms with van der Waals surface area (Å²) in [5, 5.41) is 9.61. The first kappa shape index (κ1) is 15.4. The van der Waals surface area contributed by atoms with Gasteiger partial charge in [0.05, 0.1) is 11.9 Å². The van der Waals surface area contributed by atoms with Crippen LogP contribution in [0.4, 0.5) is 0 Å². The predicted molar refractivity (Wildman–Crippen MR) is 78.2 cm³/mol. The number of aromatic nitrogens is 2. The first-order valence-corrected chi connectivity index (χ1v) is 7.86. The average Bonchev–Trinajstić information content (AvgIpc) is 2.72. The summed E-state index contributed by atoms with van der Waals surface area (Å²) in [7, 11) is 0. The molecule has 112 valence electrons. The molecule has 2 rings (SSSR count). The Morgan fingerprint density at radius 3 is 2.90 bits per heavy atom. The summed E-state index contributed by atoms with van der Waals surface area (Å²) in [4.78, 5) is 15.1. The van der Waals surface area contributed by atoms with Crippen LogP contribution in [0.25, 0.3) is 0 Å². The van der Waals surface area contributed by atoms with Gasteiger partial charge in [-0.05, 0) is 20.3 Å². The molecule has 1 fully saturated rings. The fourth-order valence-corrected chi connectivity index (χ4v) is 3.61. The maximum atomic E-state index is 10.7. The lowest BCUT2D eigenvalue weighted by Crippen LogP contribution is -2.51. The highest BCUT2D eigenvalue weighted by atomic mass is 32.2. The molecule has 1 saturated carbocycles. The van der Waals surface area contributed by atoms with Gasteiger partial charge < -0.3 is 14.4 Å². The van der Waals surface area contributed by atoms with Crippen molar-refractivity contribution in [2.75, 3.05) is 12.4 Å². The molecule has 1 aliphatic carbocycles. The van der Waals surface area contributed by atoms with Gasteiger partial charge in [0.1, 0.15) is 0 Å². The van der Waals surface area contributed by atoms with Crippen LogP contribution in [-0.2, 0) is 9.53 Å². The van der Waals surface area contributed by atoms with E-state index in [1.165, 1.54) is 11.8 Å². The molecule has 1 aromatic heterocycles. The normalized spacial score (nSPS) is 24.4. The van der Waals surface area contributed by atoms with E-state index in [-0.39, 0.29) is 17.3 Å². The van der Waals surface area contributed by atoms with Crippen LogP contribution in [0.15, 0.2) is 11.4 Å². The van der Waals surface area contributed by atoms with Crippen molar-refractivity contribution in [3.63, 3.8) is 0 Å². The number of ether oxygens (including phenoxy) is 1. The molecule has 0 bridgehead atoms. The van der Waals surface area contributed by atoms with Gasteiger partial charge in [-0.3, -0.25) is 4.79 Å². The summed E-state index contributed by atoms with van der Waals surface area (Å²) in [6, 6.07) is 0.317. The Morgan fingerprint density at radius 1 is 1.65 bits per heavy atom. The van der Waals surface area contributed by atoms with E-state index in [1.54, 1.807) is 0 Å². The van der Waals surface area contributed by atoms with Gasteiger partial charge >= 0.3 is 5.97 Å².